The average Bonchev–Trinajstić information content (AvgIpc) is 3.55. The summed E-state index contributed by atoms with van der Waals surface area (Å²) in [4.78, 5) is 22.7. The quantitative estimate of drug-likeness (QED) is 0.525. The first-order valence-electron chi connectivity index (χ1n) is 13.0. The van der Waals surface area contributed by atoms with Gasteiger partial charge in [-0.25, -0.2) is 0 Å². The molecule has 204 valence electrons. The lowest BCUT2D eigenvalue weighted by molar-refractivity contribution is -0.137. The summed E-state index contributed by atoms with van der Waals surface area (Å²) in [7, 11) is 3.98. The van der Waals surface area contributed by atoms with Crippen LogP contribution in [0.4, 0.5) is 18.9 Å². The van der Waals surface area contributed by atoms with Crippen LogP contribution in [-0.2, 0) is 23.4 Å². The van der Waals surface area contributed by atoms with Gasteiger partial charge < -0.3 is 19.7 Å². The lowest BCUT2D eigenvalue weighted by Crippen LogP contribution is -2.54. The number of alkyl halides is 3. The second-order valence-electron chi connectivity index (χ2n) is 10.6. The van der Waals surface area contributed by atoms with Crippen LogP contribution in [0.1, 0.15) is 36.0 Å². The molecule has 1 N–H and O–H groups in total. The summed E-state index contributed by atoms with van der Waals surface area (Å²) in [5, 5.41) is 12.9. The van der Waals surface area contributed by atoms with E-state index in [1.807, 2.05) is 60.2 Å². The molecule has 2 aromatic heterocycles. The van der Waals surface area contributed by atoms with E-state index in [2.05, 4.69) is 15.2 Å². The second-order valence-corrected chi connectivity index (χ2v) is 10.6. The Morgan fingerprint density at radius 3 is 2.46 bits per heavy atom. The van der Waals surface area contributed by atoms with Gasteiger partial charge in [0.1, 0.15) is 6.07 Å². The highest BCUT2D eigenvalue weighted by molar-refractivity contribution is 5.89. The normalized spacial score (nSPS) is 19.6. The molecule has 2 saturated heterocycles. The number of halogens is 3. The van der Waals surface area contributed by atoms with E-state index in [9.17, 15) is 23.2 Å². The predicted octanol–water partition coefficient (Wildman–Crippen LogP) is 4.34. The molecule has 0 aliphatic carbocycles. The number of likely N-dealkylation sites (N-methyl/N-ethyl adjacent to an activating group) is 1. The van der Waals surface area contributed by atoms with Crippen LogP contribution in [0.2, 0.25) is 0 Å². The minimum atomic E-state index is -4.52. The Morgan fingerprint density at radius 2 is 1.90 bits per heavy atom. The molecule has 2 aliphatic rings. The number of benzene rings is 1. The molecule has 5 rings (SSSR count). The molecule has 0 unspecified atom stereocenters. The number of anilines is 1. The number of hydrogen-bond donors (Lipinski definition) is 1. The zero-order valence-electron chi connectivity index (χ0n) is 22.0. The third-order valence-corrected chi connectivity index (χ3v) is 8.01. The van der Waals surface area contributed by atoms with E-state index in [0.717, 1.165) is 48.5 Å². The number of nitrogens with one attached hydrogen (secondary N) is 1. The standard InChI is InChI=1S/C29H31F3N6O/c1-36-11-7-20(18-36)25-5-3-23(17-34-25)28(27(39)35-24-8-12-37(2)19-24)9-13-38(14-10-28)26-6-4-22(29(30,31)32)15-21(26)16-33/h3-7,11,15,17-18,24H,8-10,12-14,19H2,1-2H3,(H,35,39)/t24-/m1/s1. The van der Waals surface area contributed by atoms with Gasteiger partial charge in [0.05, 0.1) is 27.9 Å². The molecular formula is C29H31F3N6O. The number of hydrogen-bond acceptors (Lipinski definition) is 5. The summed E-state index contributed by atoms with van der Waals surface area (Å²) in [6.45, 7) is 2.54. The number of aromatic nitrogens is 2. The molecule has 1 aromatic carbocycles. The molecule has 4 heterocycles. The first-order valence-corrected chi connectivity index (χ1v) is 13.0. The lowest BCUT2D eigenvalue weighted by Gasteiger charge is -2.42. The molecule has 0 spiro atoms. The number of nitriles is 1. The average molecular weight is 537 g/mol. The number of likely N-dealkylation sites (tertiary alicyclic amines) is 1. The first-order chi connectivity index (χ1) is 18.6. The van der Waals surface area contributed by atoms with Crippen LogP contribution in [0, 0.1) is 11.3 Å². The topological polar surface area (TPSA) is 77.2 Å². The number of aryl methyl sites for hydroxylation is 1. The maximum atomic E-state index is 13.9. The summed E-state index contributed by atoms with van der Waals surface area (Å²) >= 11 is 0. The van der Waals surface area contributed by atoms with Crippen LogP contribution in [0.5, 0.6) is 0 Å². The van der Waals surface area contributed by atoms with Crippen molar-refractivity contribution < 1.29 is 18.0 Å². The van der Waals surface area contributed by atoms with Crippen molar-refractivity contribution in [3.63, 3.8) is 0 Å². The summed E-state index contributed by atoms with van der Waals surface area (Å²) < 4.78 is 41.6. The Kier molecular flexibility index (Phi) is 7.12. The van der Waals surface area contributed by atoms with Gasteiger partial charge in [-0.1, -0.05) is 6.07 Å². The highest BCUT2D eigenvalue weighted by Gasteiger charge is 2.44. The molecule has 2 aliphatic heterocycles. The largest absolute Gasteiger partial charge is 0.416 e. The van der Waals surface area contributed by atoms with Crippen molar-refractivity contribution in [2.24, 2.45) is 7.05 Å². The van der Waals surface area contributed by atoms with Crippen LogP contribution in [-0.4, -0.2) is 59.6 Å². The van der Waals surface area contributed by atoms with E-state index in [4.69, 9.17) is 0 Å². The number of carbonyl (C=O) groups excluding carboxylic acids is 1. The predicted molar refractivity (Wildman–Crippen MR) is 142 cm³/mol. The van der Waals surface area contributed by atoms with Gasteiger partial charge in [0.25, 0.3) is 0 Å². The molecule has 0 bridgehead atoms. The zero-order valence-corrected chi connectivity index (χ0v) is 22.0. The fourth-order valence-electron chi connectivity index (χ4n) is 5.73. The van der Waals surface area contributed by atoms with Crippen LogP contribution in [0.3, 0.4) is 0 Å². The molecule has 10 heteroatoms. The van der Waals surface area contributed by atoms with Crippen molar-refractivity contribution in [2.45, 2.75) is 36.9 Å². The first kappa shape index (κ1) is 26.8. The van der Waals surface area contributed by atoms with Gasteiger partial charge >= 0.3 is 6.18 Å². The number of piperidine rings is 1. The van der Waals surface area contributed by atoms with Crippen LogP contribution >= 0.6 is 0 Å². The fourth-order valence-corrected chi connectivity index (χ4v) is 5.73. The molecule has 1 atom stereocenters. The van der Waals surface area contributed by atoms with E-state index in [0.29, 0.717) is 31.6 Å². The smallest absolute Gasteiger partial charge is 0.370 e. The van der Waals surface area contributed by atoms with Crippen molar-refractivity contribution in [3.05, 3.63) is 71.7 Å². The SMILES string of the molecule is CN1CC[C@@H](NC(=O)C2(c3ccc(-c4ccn(C)c4)nc3)CCN(c3ccc(C(F)(F)F)cc3C#N)CC2)C1. The Morgan fingerprint density at radius 1 is 1.13 bits per heavy atom. The summed E-state index contributed by atoms with van der Waals surface area (Å²) in [5.74, 6) is -0.0513. The second kappa shape index (κ2) is 10.4. The van der Waals surface area contributed by atoms with Crippen LogP contribution in [0.15, 0.2) is 55.0 Å². The van der Waals surface area contributed by atoms with Gasteiger partial charge in [-0.3, -0.25) is 9.78 Å². The fraction of sp³-hybridized carbons (Fsp3) is 0.414. The Labute approximate surface area is 225 Å². The molecule has 2 fully saturated rings. The van der Waals surface area contributed by atoms with Gasteiger partial charge in [-0.05, 0) is 68.8 Å². The zero-order chi connectivity index (χ0) is 27.8. The Bertz CT molecular complexity index is 1380. The van der Waals surface area contributed by atoms with E-state index >= 15 is 0 Å². The Balaban J connectivity index is 1.42. The molecule has 0 saturated carbocycles. The summed E-state index contributed by atoms with van der Waals surface area (Å²) in [6.07, 6.45) is 2.96. The number of amides is 1. The molecular weight excluding hydrogens is 505 g/mol. The van der Waals surface area contributed by atoms with Crippen molar-refractivity contribution in [2.75, 3.05) is 38.1 Å². The number of rotatable bonds is 5. The van der Waals surface area contributed by atoms with Gasteiger partial charge in [-0.2, -0.15) is 18.4 Å². The maximum absolute atomic E-state index is 13.9. The number of carbonyl (C=O) groups is 1. The van der Waals surface area contributed by atoms with Gasteiger partial charge in [-0.15, -0.1) is 0 Å². The number of pyridine rings is 1. The van der Waals surface area contributed by atoms with Crippen molar-refractivity contribution in [1.29, 1.82) is 5.26 Å². The third-order valence-electron chi connectivity index (χ3n) is 8.01. The van der Waals surface area contributed by atoms with Crippen molar-refractivity contribution in [3.8, 4) is 17.3 Å². The lowest BCUT2D eigenvalue weighted by atomic mass is 9.72. The monoisotopic (exact) mass is 536 g/mol. The Hall–Kier alpha value is -3.84. The van der Waals surface area contributed by atoms with Gasteiger partial charge in [0.15, 0.2) is 0 Å². The minimum absolute atomic E-state index is 0.0235. The number of nitrogens with zero attached hydrogens (tertiary/aromatic N) is 5. The van der Waals surface area contributed by atoms with Gasteiger partial charge in [0.2, 0.25) is 5.91 Å². The highest BCUT2D eigenvalue weighted by Crippen LogP contribution is 2.40. The van der Waals surface area contributed by atoms with E-state index in [-0.39, 0.29) is 17.5 Å². The maximum Gasteiger partial charge on any atom is 0.416 e. The molecule has 1 amide bonds. The third kappa shape index (κ3) is 5.36. The molecule has 7 nitrogen and oxygen atoms in total. The molecule has 3 aromatic rings. The summed E-state index contributed by atoms with van der Waals surface area (Å²) in [5.41, 5.74) is 1.36. The molecule has 39 heavy (non-hydrogen) atoms. The minimum Gasteiger partial charge on any atom is -0.370 e. The van der Waals surface area contributed by atoms with E-state index < -0.39 is 17.2 Å². The van der Waals surface area contributed by atoms with Crippen LogP contribution in [0.25, 0.3) is 11.3 Å². The van der Waals surface area contributed by atoms with Crippen LogP contribution < -0.4 is 10.2 Å². The highest BCUT2D eigenvalue weighted by atomic mass is 19.4. The van der Waals surface area contributed by atoms with E-state index in [1.165, 1.54) is 6.07 Å². The van der Waals surface area contributed by atoms with Crippen molar-refractivity contribution in [1.82, 2.24) is 19.8 Å². The summed E-state index contributed by atoms with van der Waals surface area (Å²) in [6, 6.07) is 11.1. The van der Waals surface area contributed by atoms with Crippen molar-refractivity contribution >= 4 is 11.6 Å². The van der Waals surface area contributed by atoms with Gasteiger partial charge in [0, 0.05) is 56.9 Å². The van der Waals surface area contributed by atoms with E-state index in [1.54, 1.807) is 6.20 Å². The molecule has 0 radical (unpaired) electrons.